The zero-order chi connectivity index (χ0) is 13.1. The van der Waals surface area contributed by atoms with Crippen molar-refractivity contribution in [2.24, 2.45) is 0 Å². The summed E-state index contributed by atoms with van der Waals surface area (Å²) in [7, 11) is 0. The second-order valence-electron chi connectivity index (χ2n) is 5.18. The number of nitrogens with one attached hydrogen (secondary N) is 2. The van der Waals surface area contributed by atoms with E-state index in [2.05, 4.69) is 34.7 Å². The van der Waals surface area contributed by atoms with Crippen LogP contribution in [0.1, 0.15) is 30.1 Å². The minimum Gasteiger partial charge on any atom is -0.383 e. The molecule has 4 heteroatoms. The Labute approximate surface area is 111 Å². The van der Waals surface area contributed by atoms with Gasteiger partial charge < -0.3 is 9.84 Å². The summed E-state index contributed by atoms with van der Waals surface area (Å²) in [5, 5.41) is 5.92. The van der Waals surface area contributed by atoms with E-state index in [-0.39, 0.29) is 5.56 Å². The van der Waals surface area contributed by atoms with Crippen molar-refractivity contribution in [2.45, 2.75) is 31.2 Å². The zero-order valence-electron chi connectivity index (χ0n) is 10.8. The maximum Gasteiger partial charge on any atom is 0.280 e. The van der Waals surface area contributed by atoms with Crippen molar-refractivity contribution in [3.05, 3.63) is 58.1 Å². The van der Waals surface area contributed by atoms with E-state index in [1.54, 1.807) is 6.07 Å². The summed E-state index contributed by atoms with van der Waals surface area (Å²) in [5.74, 6) is 1.14. The number of piperidine rings is 1. The number of aromatic nitrogens is 1. The first-order valence-corrected chi connectivity index (χ1v) is 6.77. The number of aromatic amines is 1. The maximum atomic E-state index is 11.1. The van der Waals surface area contributed by atoms with Crippen LogP contribution in [0.4, 0.5) is 0 Å². The van der Waals surface area contributed by atoms with Gasteiger partial charge in [-0.05, 0) is 31.4 Å². The Kier molecular flexibility index (Phi) is 3.51. The molecule has 3 rings (SSSR count). The minimum atomic E-state index is -0.145. The summed E-state index contributed by atoms with van der Waals surface area (Å²) in [6.07, 6.45) is 3.05. The van der Waals surface area contributed by atoms with Crippen molar-refractivity contribution in [2.75, 3.05) is 6.54 Å². The zero-order valence-corrected chi connectivity index (χ0v) is 10.8. The second-order valence-corrected chi connectivity index (χ2v) is 5.18. The lowest BCUT2D eigenvalue weighted by atomic mass is 9.87. The Morgan fingerprint density at radius 1 is 1.26 bits per heavy atom. The Bertz CT molecular complexity index is 573. The van der Waals surface area contributed by atoms with Gasteiger partial charge in [0, 0.05) is 18.0 Å². The normalized spacial score (nSPS) is 23.4. The highest BCUT2D eigenvalue weighted by Gasteiger charge is 2.25. The van der Waals surface area contributed by atoms with Gasteiger partial charge in [0.2, 0.25) is 0 Å². The monoisotopic (exact) mass is 258 g/mol. The molecule has 0 bridgehead atoms. The predicted octanol–water partition coefficient (Wildman–Crippen LogP) is 2.05. The number of benzene rings is 1. The van der Waals surface area contributed by atoms with Gasteiger partial charge in [-0.3, -0.25) is 4.79 Å². The lowest BCUT2D eigenvalue weighted by Gasteiger charge is -2.29. The molecule has 2 heterocycles. The molecule has 1 fully saturated rings. The average molecular weight is 258 g/mol. The van der Waals surface area contributed by atoms with E-state index in [9.17, 15) is 4.79 Å². The first-order valence-electron chi connectivity index (χ1n) is 6.77. The van der Waals surface area contributed by atoms with Crippen LogP contribution in [-0.2, 0) is 6.42 Å². The highest BCUT2D eigenvalue weighted by Crippen LogP contribution is 2.27. The SMILES string of the molecule is O=c1cc([C@@H]2CCN[C@@H](Cc3ccccc3)C2)o[nH]1. The van der Waals surface area contributed by atoms with Crippen LogP contribution in [-0.4, -0.2) is 17.7 Å². The number of rotatable bonds is 3. The van der Waals surface area contributed by atoms with E-state index < -0.39 is 0 Å². The molecule has 0 unspecified atom stereocenters. The van der Waals surface area contributed by atoms with Gasteiger partial charge in [-0.25, -0.2) is 0 Å². The van der Waals surface area contributed by atoms with Gasteiger partial charge in [0.25, 0.3) is 5.56 Å². The van der Waals surface area contributed by atoms with Crippen LogP contribution in [0, 0.1) is 0 Å². The van der Waals surface area contributed by atoms with Gasteiger partial charge in [0.05, 0.1) is 0 Å². The van der Waals surface area contributed by atoms with Crippen molar-refractivity contribution >= 4 is 0 Å². The maximum absolute atomic E-state index is 11.1. The summed E-state index contributed by atoms with van der Waals surface area (Å²) >= 11 is 0. The first kappa shape index (κ1) is 12.2. The molecule has 100 valence electrons. The van der Waals surface area contributed by atoms with E-state index in [0.717, 1.165) is 31.6 Å². The Morgan fingerprint density at radius 3 is 2.84 bits per heavy atom. The largest absolute Gasteiger partial charge is 0.383 e. The lowest BCUT2D eigenvalue weighted by molar-refractivity contribution is 0.292. The van der Waals surface area contributed by atoms with E-state index >= 15 is 0 Å². The van der Waals surface area contributed by atoms with Gasteiger partial charge in [-0.15, -0.1) is 0 Å². The smallest absolute Gasteiger partial charge is 0.280 e. The molecule has 1 aromatic carbocycles. The lowest BCUT2D eigenvalue weighted by Crippen LogP contribution is -2.38. The molecule has 0 radical (unpaired) electrons. The fourth-order valence-electron chi connectivity index (χ4n) is 2.82. The fraction of sp³-hybridized carbons (Fsp3) is 0.400. The third-order valence-electron chi connectivity index (χ3n) is 3.76. The summed E-state index contributed by atoms with van der Waals surface area (Å²) in [5.41, 5.74) is 1.20. The molecule has 1 aromatic heterocycles. The molecule has 19 heavy (non-hydrogen) atoms. The minimum absolute atomic E-state index is 0.145. The van der Waals surface area contributed by atoms with Crippen LogP contribution in [0.3, 0.4) is 0 Å². The van der Waals surface area contributed by atoms with Crippen LogP contribution in [0.5, 0.6) is 0 Å². The summed E-state index contributed by atoms with van der Waals surface area (Å²) in [4.78, 5) is 11.1. The molecule has 2 atom stereocenters. The second kappa shape index (κ2) is 5.45. The van der Waals surface area contributed by atoms with E-state index in [4.69, 9.17) is 4.52 Å². The van der Waals surface area contributed by atoms with E-state index in [1.165, 1.54) is 5.56 Å². The summed E-state index contributed by atoms with van der Waals surface area (Å²) in [6, 6.07) is 12.5. The molecule has 1 saturated heterocycles. The summed E-state index contributed by atoms with van der Waals surface area (Å²) in [6.45, 7) is 0.969. The quantitative estimate of drug-likeness (QED) is 0.885. The molecule has 1 aliphatic rings. The van der Waals surface area contributed by atoms with Crippen LogP contribution >= 0.6 is 0 Å². The Balaban J connectivity index is 1.66. The van der Waals surface area contributed by atoms with Crippen molar-refractivity contribution in [3.8, 4) is 0 Å². The van der Waals surface area contributed by atoms with E-state index in [0.29, 0.717) is 12.0 Å². The molecule has 0 spiro atoms. The van der Waals surface area contributed by atoms with Crippen molar-refractivity contribution in [1.82, 2.24) is 10.5 Å². The number of hydrogen-bond donors (Lipinski definition) is 2. The van der Waals surface area contributed by atoms with Crippen molar-refractivity contribution < 1.29 is 4.52 Å². The third-order valence-corrected chi connectivity index (χ3v) is 3.76. The van der Waals surface area contributed by atoms with Crippen LogP contribution in [0.25, 0.3) is 0 Å². The molecule has 2 N–H and O–H groups in total. The average Bonchev–Trinajstić information content (AvgIpc) is 2.87. The highest BCUT2D eigenvalue weighted by molar-refractivity contribution is 5.17. The van der Waals surface area contributed by atoms with Gasteiger partial charge in [-0.2, -0.15) is 5.16 Å². The molecule has 0 aliphatic carbocycles. The van der Waals surface area contributed by atoms with Gasteiger partial charge in [-0.1, -0.05) is 30.3 Å². The van der Waals surface area contributed by atoms with Gasteiger partial charge in [0.15, 0.2) is 0 Å². The molecule has 4 nitrogen and oxygen atoms in total. The van der Waals surface area contributed by atoms with Crippen LogP contribution < -0.4 is 10.9 Å². The fourth-order valence-corrected chi connectivity index (χ4v) is 2.82. The molecule has 0 amide bonds. The van der Waals surface area contributed by atoms with Crippen molar-refractivity contribution in [3.63, 3.8) is 0 Å². The van der Waals surface area contributed by atoms with Gasteiger partial charge >= 0.3 is 0 Å². The topological polar surface area (TPSA) is 58.0 Å². The summed E-state index contributed by atoms with van der Waals surface area (Å²) < 4.78 is 5.24. The standard InChI is InChI=1S/C15H18N2O2/c18-15-10-14(19-17-15)12-6-7-16-13(9-12)8-11-4-2-1-3-5-11/h1-5,10,12-13,16H,6-9H2,(H,17,18)/t12-,13+/m1/s1. The van der Waals surface area contributed by atoms with E-state index in [1.807, 2.05) is 6.07 Å². The molecular formula is C15H18N2O2. The molecule has 0 saturated carbocycles. The predicted molar refractivity (Wildman–Crippen MR) is 73.2 cm³/mol. The third kappa shape index (κ3) is 2.96. The Hall–Kier alpha value is -1.81. The number of H-pyrrole nitrogens is 1. The first-order chi connectivity index (χ1) is 9.31. The van der Waals surface area contributed by atoms with Crippen LogP contribution in [0.15, 0.2) is 45.7 Å². The molecular weight excluding hydrogens is 240 g/mol. The number of hydrogen-bond acceptors (Lipinski definition) is 3. The van der Waals surface area contributed by atoms with Crippen molar-refractivity contribution in [1.29, 1.82) is 0 Å². The molecule has 2 aromatic rings. The highest BCUT2D eigenvalue weighted by atomic mass is 16.5. The molecule has 1 aliphatic heterocycles. The Morgan fingerprint density at radius 2 is 2.11 bits per heavy atom. The van der Waals surface area contributed by atoms with Gasteiger partial charge in [0.1, 0.15) is 5.76 Å². The van der Waals surface area contributed by atoms with Crippen LogP contribution in [0.2, 0.25) is 0 Å².